The molecule has 1 aromatic rings. The van der Waals surface area contributed by atoms with Crippen LogP contribution in [0.5, 0.6) is 5.75 Å². The smallest absolute Gasteiger partial charge is 0.123 e. The van der Waals surface area contributed by atoms with E-state index in [1.807, 2.05) is 0 Å². The largest absolute Gasteiger partial charge is 0.493 e. The van der Waals surface area contributed by atoms with Crippen LogP contribution in [0, 0.1) is 0 Å². The quantitative estimate of drug-likeness (QED) is 0.780. The first-order valence-corrected chi connectivity index (χ1v) is 7.96. The Hall–Kier alpha value is -1.02. The predicted molar refractivity (Wildman–Crippen MR) is 83.5 cm³/mol. The van der Waals surface area contributed by atoms with E-state index >= 15 is 0 Å². The molecule has 2 rings (SSSR count). The fraction of sp³-hybridized carbons (Fsp3) is 0.667. The highest BCUT2D eigenvalue weighted by Crippen LogP contribution is 2.40. The normalized spacial score (nSPS) is 18.2. The van der Waals surface area contributed by atoms with Crippen LogP contribution in [0.3, 0.4) is 0 Å². The molecule has 0 spiro atoms. The van der Waals surface area contributed by atoms with Crippen LogP contribution in [-0.4, -0.2) is 18.3 Å². The second-order valence-electron chi connectivity index (χ2n) is 6.61. The highest BCUT2D eigenvalue weighted by Gasteiger charge is 2.29. The number of unbranched alkanes of at least 4 members (excludes halogenated alkanes) is 2. The van der Waals surface area contributed by atoms with Gasteiger partial charge in [-0.1, -0.05) is 52.2 Å². The number of fused-ring (bicyclic) bond motifs is 1. The van der Waals surface area contributed by atoms with Gasteiger partial charge in [-0.2, -0.15) is 0 Å². The van der Waals surface area contributed by atoms with Crippen LogP contribution in [0.25, 0.3) is 0 Å². The van der Waals surface area contributed by atoms with Crippen LogP contribution in [0.2, 0.25) is 0 Å². The first-order chi connectivity index (χ1) is 9.58. The summed E-state index contributed by atoms with van der Waals surface area (Å²) in [5.41, 5.74) is 2.72. The van der Waals surface area contributed by atoms with Crippen molar-refractivity contribution in [3.05, 3.63) is 29.3 Å². The Morgan fingerprint density at radius 2 is 2.10 bits per heavy atom. The number of aliphatic hydroxyl groups excluding tert-OH is 1. The zero-order valence-electron chi connectivity index (χ0n) is 13.1. The van der Waals surface area contributed by atoms with E-state index < -0.39 is 0 Å². The Morgan fingerprint density at radius 3 is 2.80 bits per heavy atom. The SMILES string of the molecule is CCCCC[C@@H](CO)c1ccc2c(c1)OCCC2(C)C. The van der Waals surface area contributed by atoms with Crippen molar-refractivity contribution in [3.8, 4) is 5.75 Å². The van der Waals surface area contributed by atoms with E-state index in [4.69, 9.17) is 4.74 Å². The zero-order valence-corrected chi connectivity index (χ0v) is 13.1. The second kappa shape index (κ2) is 6.62. The van der Waals surface area contributed by atoms with Gasteiger partial charge >= 0.3 is 0 Å². The van der Waals surface area contributed by atoms with Crippen molar-refractivity contribution in [1.29, 1.82) is 0 Å². The molecule has 20 heavy (non-hydrogen) atoms. The van der Waals surface area contributed by atoms with Crippen molar-refractivity contribution in [3.63, 3.8) is 0 Å². The van der Waals surface area contributed by atoms with Crippen molar-refractivity contribution in [2.45, 2.75) is 64.2 Å². The predicted octanol–water partition coefficient (Wildman–Crippen LogP) is 4.40. The van der Waals surface area contributed by atoms with Crippen LogP contribution >= 0.6 is 0 Å². The third-order valence-corrected chi connectivity index (χ3v) is 4.57. The molecule has 1 aliphatic rings. The molecule has 2 heteroatoms. The molecular formula is C18H28O2. The van der Waals surface area contributed by atoms with Gasteiger partial charge in [-0.05, 0) is 35.4 Å². The van der Waals surface area contributed by atoms with Crippen LogP contribution in [0.4, 0.5) is 0 Å². The molecule has 0 aromatic heterocycles. The molecule has 2 nitrogen and oxygen atoms in total. The Morgan fingerprint density at radius 1 is 1.30 bits per heavy atom. The van der Waals surface area contributed by atoms with Crippen molar-refractivity contribution >= 4 is 0 Å². The summed E-state index contributed by atoms with van der Waals surface area (Å²) in [6, 6.07) is 6.54. The lowest BCUT2D eigenvalue weighted by Crippen LogP contribution is -2.26. The van der Waals surface area contributed by atoms with Gasteiger partial charge in [-0.3, -0.25) is 0 Å². The van der Waals surface area contributed by atoms with Gasteiger partial charge in [-0.25, -0.2) is 0 Å². The average molecular weight is 276 g/mol. The molecular weight excluding hydrogens is 248 g/mol. The van der Waals surface area contributed by atoms with Gasteiger partial charge in [0.05, 0.1) is 6.61 Å². The molecule has 0 fully saturated rings. The number of ether oxygens (including phenoxy) is 1. The third-order valence-electron chi connectivity index (χ3n) is 4.57. The average Bonchev–Trinajstić information content (AvgIpc) is 2.43. The molecule has 0 amide bonds. The van der Waals surface area contributed by atoms with Gasteiger partial charge in [0.1, 0.15) is 5.75 Å². The molecule has 0 bridgehead atoms. The van der Waals surface area contributed by atoms with Gasteiger partial charge in [0, 0.05) is 12.5 Å². The van der Waals surface area contributed by atoms with Crippen molar-refractivity contribution < 1.29 is 9.84 Å². The van der Waals surface area contributed by atoms with E-state index in [1.54, 1.807) is 0 Å². The van der Waals surface area contributed by atoms with Crippen LogP contribution in [0.1, 0.15) is 69.9 Å². The molecule has 1 heterocycles. The number of aliphatic hydroxyl groups is 1. The molecule has 1 N–H and O–H groups in total. The van der Waals surface area contributed by atoms with E-state index in [-0.39, 0.29) is 17.9 Å². The Labute approximate surface area is 123 Å². The molecule has 0 radical (unpaired) electrons. The zero-order chi connectivity index (χ0) is 14.6. The topological polar surface area (TPSA) is 29.5 Å². The van der Waals surface area contributed by atoms with Crippen LogP contribution in [0.15, 0.2) is 18.2 Å². The summed E-state index contributed by atoms with van der Waals surface area (Å²) in [5, 5.41) is 9.64. The highest BCUT2D eigenvalue weighted by molar-refractivity contribution is 5.44. The van der Waals surface area contributed by atoms with Gasteiger partial charge in [0.15, 0.2) is 0 Å². The van der Waals surface area contributed by atoms with E-state index in [0.717, 1.165) is 25.2 Å². The van der Waals surface area contributed by atoms with E-state index in [9.17, 15) is 5.11 Å². The standard InChI is InChI=1S/C18H28O2/c1-4-5-6-7-15(13-19)14-8-9-16-17(12-14)20-11-10-18(16,2)3/h8-9,12,15,19H,4-7,10-11,13H2,1-3H3/t15-/m0/s1. The Kier molecular flexibility index (Phi) is 5.09. The Bertz CT molecular complexity index is 437. The number of hydrogen-bond acceptors (Lipinski definition) is 2. The van der Waals surface area contributed by atoms with E-state index in [1.165, 1.54) is 30.4 Å². The summed E-state index contributed by atoms with van der Waals surface area (Å²) in [6.45, 7) is 7.79. The molecule has 0 saturated heterocycles. The highest BCUT2D eigenvalue weighted by atomic mass is 16.5. The fourth-order valence-corrected chi connectivity index (χ4v) is 3.03. The number of rotatable bonds is 6. The minimum absolute atomic E-state index is 0.197. The lowest BCUT2D eigenvalue weighted by molar-refractivity contribution is 0.232. The van der Waals surface area contributed by atoms with Crippen molar-refractivity contribution in [2.24, 2.45) is 0 Å². The van der Waals surface area contributed by atoms with Crippen LogP contribution in [-0.2, 0) is 5.41 Å². The van der Waals surface area contributed by atoms with E-state index in [0.29, 0.717) is 0 Å². The molecule has 0 unspecified atom stereocenters. The van der Waals surface area contributed by atoms with Crippen molar-refractivity contribution in [2.75, 3.05) is 13.2 Å². The first-order valence-electron chi connectivity index (χ1n) is 7.96. The molecule has 112 valence electrons. The van der Waals surface area contributed by atoms with Gasteiger partial charge in [-0.15, -0.1) is 0 Å². The second-order valence-corrected chi connectivity index (χ2v) is 6.61. The summed E-state index contributed by atoms with van der Waals surface area (Å²) < 4.78 is 5.84. The monoisotopic (exact) mass is 276 g/mol. The van der Waals surface area contributed by atoms with E-state index in [2.05, 4.69) is 39.0 Å². The Balaban J connectivity index is 2.17. The molecule has 1 aromatic carbocycles. The summed E-state index contributed by atoms with van der Waals surface area (Å²) in [4.78, 5) is 0. The summed E-state index contributed by atoms with van der Waals surface area (Å²) in [7, 11) is 0. The number of benzene rings is 1. The first kappa shape index (κ1) is 15.4. The fourth-order valence-electron chi connectivity index (χ4n) is 3.03. The van der Waals surface area contributed by atoms with Crippen molar-refractivity contribution in [1.82, 2.24) is 0 Å². The van der Waals surface area contributed by atoms with Gasteiger partial charge in [0.2, 0.25) is 0 Å². The van der Waals surface area contributed by atoms with Crippen LogP contribution < -0.4 is 4.74 Å². The summed E-state index contributed by atoms with van der Waals surface area (Å²) >= 11 is 0. The van der Waals surface area contributed by atoms with Gasteiger partial charge < -0.3 is 9.84 Å². The minimum atomic E-state index is 0.197. The maximum atomic E-state index is 9.64. The maximum absolute atomic E-state index is 9.64. The van der Waals surface area contributed by atoms with Gasteiger partial charge in [0.25, 0.3) is 0 Å². The molecule has 1 aliphatic heterocycles. The number of hydrogen-bond donors (Lipinski definition) is 1. The lowest BCUT2D eigenvalue weighted by atomic mass is 9.79. The summed E-state index contributed by atoms with van der Waals surface area (Å²) in [6.07, 6.45) is 5.78. The lowest BCUT2D eigenvalue weighted by Gasteiger charge is -2.33. The maximum Gasteiger partial charge on any atom is 0.123 e. The summed E-state index contributed by atoms with van der Waals surface area (Å²) in [5.74, 6) is 1.27. The molecule has 0 saturated carbocycles. The third kappa shape index (κ3) is 3.35. The minimum Gasteiger partial charge on any atom is -0.493 e. The molecule has 1 atom stereocenters. The molecule has 0 aliphatic carbocycles.